The summed E-state index contributed by atoms with van der Waals surface area (Å²) in [5.41, 5.74) is 1.68. The molecule has 1 aromatic rings. The third-order valence-electron chi connectivity index (χ3n) is 3.64. The van der Waals surface area contributed by atoms with Crippen LogP contribution in [-0.2, 0) is 0 Å². The molecule has 108 valence electrons. The second-order valence-electron chi connectivity index (χ2n) is 5.56. The van der Waals surface area contributed by atoms with Gasteiger partial charge in [0.1, 0.15) is 5.82 Å². The van der Waals surface area contributed by atoms with Crippen LogP contribution in [0.15, 0.2) is 12.1 Å². The molecule has 1 saturated carbocycles. The number of hydrogen-bond donors (Lipinski definition) is 1. The molecule has 0 radical (unpaired) electrons. The number of thioether (sulfide) groups is 1. The third kappa shape index (κ3) is 3.45. The molecule has 2 aliphatic rings. The van der Waals surface area contributed by atoms with Crippen molar-refractivity contribution in [2.24, 2.45) is 0 Å². The lowest BCUT2D eigenvalue weighted by molar-refractivity contribution is 0.0768. The summed E-state index contributed by atoms with van der Waals surface area (Å²) in [6.45, 7) is 3.68. The highest BCUT2D eigenvalue weighted by molar-refractivity contribution is 7.99. The molecule has 0 aromatic carbocycles. The molecule has 2 heterocycles. The van der Waals surface area contributed by atoms with Gasteiger partial charge in [-0.2, -0.15) is 11.8 Å². The number of hydrogen-bond acceptors (Lipinski definition) is 4. The van der Waals surface area contributed by atoms with Crippen LogP contribution in [0, 0.1) is 6.92 Å². The molecule has 1 N–H and O–H groups in total. The highest BCUT2D eigenvalue weighted by atomic mass is 32.2. The lowest BCUT2D eigenvalue weighted by Crippen LogP contribution is -2.33. The number of amides is 1. The van der Waals surface area contributed by atoms with E-state index in [1.165, 1.54) is 12.8 Å². The third-order valence-corrected chi connectivity index (χ3v) is 4.69. The fourth-order valence-corrected chi connectivity index (χ4v) is 3.32. The molecule has 3 rings (SSSR count). The van der Waals surface area contributed by atoms with E-state index in [2.05, 4.69) is 10.3 Å². The maximum Gasteiger partial charge on any atom is 0.254 e. The second kappa shape index (κ2) is 6.04. The molecule has 1 aliphatic heterocycles. The van der Waals surface area contributed by atoms with Crippen molar-refractivity contribution < 1.29 is 4.79 Å². The highest BCUT2D eigenvalue weighted by Crippen LogP contribution is 2.24. The van der Waals surface area contributed by atoms with Crippen LogP contribution >= 0.6 is 11.8 Å². The summed E-state index contributed by atoms with van der Waals surface area (Å²) in [6, 6.07) is 4.37. The van der Waals surface area contributed by atoms with Gasteiger partial charge in [0.2, 0.25) is 0 Å². The van der Waals surface area contributed by atoms with Crippen molar-refractivity contribution >= 4 is 23.5 Å². The average Bonchev–Trinajstić information content (AvgIpc) is 3.23. The largest absolute Gasteiger partial charge is 0.367 e. The van der Waals surface area contributed by atoms with E-state index in [-0.39, 0.29) is 5.91 Å². The Hall–Kier alpha value is -1.23. The van der Waals surface area contributed by atoms with Crippen LogP contribution in [-0.4, -0.2) is 46.4 Å². The standard InChI is InChI=1S/C15H21N3OS/c1-11-9-12(10-14(16-11)17-13-3-4-13)15(19)18-5-2-7-20-8-6-18/h9-10,13H,2-8H2,1H3,(H,16,17). The van der Waals surface area contributed by atoms with Crippen molar-refractivity contribution in [2.75, 3.05) is 29.9 Å². The van der Waals surface area contributed by atoms with Gasteiger partial charge in [-0.05, 0) is 44.1 Å². The average molecular weight is 291 g/mol. The number of nitrogens with zero attached hydrogens (tertiary/aromatic N) is 2. The van der Waals surface area contributed by atoms with Crippen LogP contribution in [0.5, 0.6) is 0 Å². The minimum atomic E-state index is 0.150. The van der Waals surface area contributed by atoms with Gasteiger partial charge in [0.15, 0.2) is 0 Å². The Labute approximate surface area is 124 Å². The van der Waals surface area contributed by atoms with Crippen LogP contribution in [0.1, 0.15) is 35.3 Å². The number of anilines is 1. The van der Waals surface area contributed by atoms with Gasteiger partial charge < -0.3 is 10.2 Å². The van der Waals surface area contributed by atoms with Crippen LogP contribution in [0.3, 0.4) is 0 Å². The molecule has 2 fully saturated rings. The van der Waals surface area contributed by atoms with E-state index in [4.69, 9.17) is 0 Å². The quantitative estimate of drug-likeness (QED) is 0.929. The number of nitrogens with one attached hydrogen (secondary N) is 1. The Balaban J connectivity index is 1.76. The molecule has 0 bridgehead atoms. The summed E-state index contributed by atoms with van der Waals surface area (Å²) in [7, 11) is 0. The molecular formula is C15H21N3OS. The van der Waals surface area contributed by atoms with E-state index in [1.807, 2.05) is 35.7 Å². The predicted molar refractivity (Wildman–Crippen MR) is 83.5 cm³/mol. The first kappa shape index (κ1) is 13.7. The van der Waals surface area contributed by atoms with Crippen molar-refractivity contribution in [3.63, 3.8) is 0 Å². The molecule has 5 heteroatoms. The van der Waals surface area contributed by atoms with Crippen molar-refractivity contribution in [3.05, 3.63) is 23.4 Å². The second-order valence-corrected chi connectivity index (χ2v) is 6.78. The number of aromatic nitrogens is 1. The summed E-state index contributed by atoms with van der Waals surface area (Å²) < 4.78 is 0. The van der Waals surface area contributed by atoms with Gasteiger partial charge in [-0.1, -0.05) is 0 Å². The zero-order chi connectivity index (χ0) is 13.9. The fraction of sp³-hybridized carbons (Fsp3) is 0.600. The monoisotopic (exact) mass is 291 g/mol. The minimum absolute atomic E-state index is 0.150. The molecule has 20 heavy (non-hydrogen) atoms. The number of pyridine rings is 1. The number of carbonyl (C=O) groups excluding carboxylic acids is 1. The van der Waals surface area contributed by atoms with E-state index in [0.29, 0.717) is 6.04 Å². The lowest BCUT2D eigenvalue weighted by atomic mass is 10.2. The number of rotatable bonds is 3. The molecular weight excluding hydrogens is 270 g/mol. The Morgan fingerprint density at radius 1 is 1.35 bits per heavy atom. The van der Waals surface area contributed by atoms with Gasteiger partial charge >= 0.3 is 0 Å². The van der Waals surface area contributed by atoms with Gasteiger partial charge in [-0.3, -0.25) is 4.79 Å². The summed E-state index contributed by atoms with van der Waals surface area (Å²) in [5, 5.41) is 3.38. The first-order valence-corrected chi connectivity index (χ1v) is 8.50. The van der Waals surface area contributed by atoms with E-state index in [9.17, 15) is 4.79 Å². The van der Waals surface area contributed by atoms with Crippen LogP contribution in [0.4, 0.5) is 5.82 Å². The van der Waals surface area contributed by atoms with Crippen LogP contribution < -0.4 is 5.32 Å². The van der Waals surface area contributed by atoms with E-state index < -0.39 is 0 Å². The van der Waals surface area contributed by atoms with Crippen molar-refractivity contribution in [3.8, 4) is 0 Å². The minimum Gasteiger partial charge on any atom is -0.367 e. The van der Waals surface area contributed by atoms with E-state index >= 15 is 0 Å². The van der Waals surface area contributed by atoms with Crippen LogP contribution in [0.25, 0.3) is 0 Å². The molecule has 1 aromatic heterocycles. The first-order valence-electron chi connectivity index (χ1n) is 7.34. The zero-order valence-corrected chi connectivity index (χ0v) is 12.7. The molecule has 1 saturated heterocycles. The fourth-order valence-electron chi connectivity index (χ4n) is 2.43. The Bertz CT molecular complexity index is 494. The summed E-state index contributed by atoms with van der Waals surface area (Å²) in [5.74, 6) is 3.20. The Kier molecular flexibility index (Phi) is 4.15. The number of carbonyl (C=O) groups is 1. The van der Waals surface area contributed by atoms with E-state index in [1.54, 1.807) is 0 Å². The van der Waals surface area contributed by atoms with Gasteiger partial charge in [0.25, 0.3) is 5.91 Å². The molecule has 4 nitrogen and oxygen atoms in total. The summed E-state index contributed by atoms with van der Waals surface area (Å²) >= 11 is 1.94. The smallest absolute Gasteiger partial charge is 0.254 e. The first-order chi connectivity index (χ1) is 9.72. The molecule has 1 aliphatic carbocycles. The highest BCUT2D eigenvalue weighted by Gasteiger charge is 2.23. The van der Waals surface area contributed by atoms with Crippen LogP contribution in [0.2, 0.25) is 0 Å². The Morgan fingerprint density at radius 2 is 2.20 bits per heavy atom. The Morgan fingerprint density at radius 3 is 3.00 bits per heavy atom. The predicted octanol–water partition coefficient (Wildman–Crippen LogP) is 2.54. The molecule has 0 unspecified atom stereocenters. The molecule has 1 amide bonds. The van der Waals surface area contributed by atoms with Gasteiger partial charge in [-0.25, -0.2) is 4.98 Å². The van der Waals surface area contributed by atoms with Gasteiger partial charge in [0.05, 0.1) is 0 Å². The molecule has 0 atom stereocenters. The summed E-state index contributed by atoms with van der Waals surface area (Å²) in [6.07, 6.45) is 3.51. The lowest BCUT2D eigenvalue weighted by Gasteiger charge is -2.20. The number of aryl methyl sites for hydroxylation is 1. The zero-order valence-electron chi connectivity index (χ0n) is 11.9. The van der Waals surface area contributed by atoms with Gasteiger partial charge in [-0.15, -0.1) is 0 Å². The van der Waals surface area contributed by atoms with E-state index in [0.717, 1.165) is 48.1 Å². The summed E-state index contributed by atoms with van der Waals surface area (Å²) in [4.78, 5) is 19.1. The molecule has 0 spiro atoms. The maximum absolute atomic E-state index is 12.6. The topological polar surface area (TPSA) is 45.2 Å². The van der Waals surface area contributed by atoms with Gasteiger partial charge in [0, 0.05) is 36.1 Å². The van der Waals surface area contributed by atoms with Crippen molar-refractivity contribution in [1.29, 1.82) is 0 Å². The van der Waals surface area contributed by atoms with Crippen molar-refractivity contribution in [2.45, 2.75) is 32.2 Å². The van der Waals surface area contributed by atoms with Crippen molar-refractivity contribution in [1.82, 2.24) is 9.88 Å². The maximum atomic E-state index is 12.6. The SMILES string of the molecule is Cc1cc(C(=O)N2CCCSCC2)cc(NC2CC2)n1. The normalized spacial score (nSPS) is 19.6.